The highest BCUT2D eigenvalue weighted by atomic mass is 16.7. The van der Waals surface area contributed by atoms with Crippen molar-refractivity contribution in [3.8, 4) is 11.4 Å². The van der Waals surface area contributed by atoms with Crippen molar-refractivity contribution in [2.75, 3.05) is 20.8 Å². The van der Waals surface area contributed by atoms with Gasteiger partial charge in [-0.2, -0.15) is 0 Å². The van der Waals surface area contributed by atoms with Crippen LogP contribution in [0.5, 0.6) is 0 Å². The van der Waals surface area contributed by atoms with Crippen molar-refractivity contribution in [2.24, 2.45) is 0 Å². The summed E-state index contributed by atoms with van der Waals surface area (Å²) in [6.45, 7) is 4.16. The highest BCUT2D eigenvalue weighted by Crippen LogP contribution is 2.44. The maximum atomic E-state index is 13.0. The minimum Gasteiger partial charge on any atom is -0.469 e. The molecule has 4 aromatic rings. The van der Waals surface area contributed by atoms with Gasteiger partial charge < -0.3 is 42.7 Å². The number of rotatable bonds is 11. The highest BCUT2D eigenvalue weighted by Gasteiger charge is 2.53. The molecule has 15 heteroatoms. The largest absolute Gasteiger partial charge is 0.469 e. The summed E-state index contributed by atoms with van der Waals surface area (Å²) in [7, 11) is 2.53. The lowest BCUT2D eigenvalue weighted by Gasteiger charge is -2.45. The summed E-state index contributed by atoms with van der Waals surface area (Å²) in [5, 5.41) is 1.27. The molecule has 0 unspecified atom stereocenters. The van der Waals surface area contributed by atoms with E-state index in [1.807, 2.05) is 24.3 Å². The number of aromatic nitrogens is 2. The number of hydrogen-bond acceptors (Lipinski definition) is 13. The summed E-state index contributed by atoms with van der Waals surface area (Å²) in [6, 6.07) is 14.3. The van der Waals surface area contributed by atoms with E-state index >= 15 is 0 Å². The first-order valence-electron chi connectivity index (χ1n) is 16.0. The normalized spacial score (nSPS) is 20.0. The topological polar surface area (TPSA) is 188 Å². The molecule has 0 radical (unpaired) electrons. The lowest BCUT2D eigenvalue weighted by molar-refractivity contribution is -0.267. The van der Waals surface area contributed by atoms with Gasteiger partial charge in [0.1, 0.15) is 12.7 Å². The fraction of sp³-hybridized carbons (Fsp3) is 0.389. The number of carbonyl (C=O) groups excluding carboxylic acids is 6. The van der Waals surface area contributed by atoms with E-state index in [-0.39, 0.29) is 12.8 Å². The number of ether oxygens (including phenoxy) is 7. The molecule has 1 fully saturated rings. The first-order valence-corrected chi connectivity index (χ1v) is 16.0. The van der Waals surface area contributed by atoms with E-state index in [9.17, 15) is 28.8 Å². The summed E-state index contributed by atoms with van der Waals surface area (Å²) < 4.78 is 40.9. The number of methoxy groups -OCH3 is 2. The number of benzene rings is 2. The van der Waals surface area contributed by atoms with E-state index in [1.165, 1.54) is 21.1 Å². The standard InChI is InChI=1S/C36H38N2O13/c1-18(39)47-17-28-33(48-19(2)40)34(49-20(3)41)35(50-21(4)42)36(51-28)38-27-14-10-8-12-23(27)25(16-30(44)46-6)32(38)31-24(15-29(43)45-5)22-11-7-9-13-26(22)37-31/h7-14,28,33-37H,15-17H2,1-6H3/t28-,33-,34+,35-,36-/m1/s1. The van der Waals surface area contributed by atoms with Gasteiger partial charge in [0.2, 0.25) is 0 Å². The zero-order valence-corrected chi connectivity index (χ0v) is 28.9. The number of nitrogens with one attached hydrogen (secondary N) is 1. The molecule has 1 N–H and O–H groups in total. The SMILES string of the molecule is COC(=O)Cc1c(-c2c(CC(=O)OC)c3ccccc3n2[C@@H]2O[C@H](COC(C)=O)[C@@H](OC(C)=O)[C@H](OC(C)=O)[C@H]2OC(C)=O)[nH]c2ccccc12. The molecule has 1 aliphatic rings. The van der Waals surface area contributed by atoms with Gasteiger partial charge in [0, 0.05) is 44.0 Å². The molecule has 1 saturated heterocycles. The van der Waals surface area contributed by atoms with Crippen molar-refractivity contribution in [1.82, 2.24) is 9.55 Å². The third kappa shape index (κ3) is 7.72. The van der Waals surface area contributed by atoms with Crippen LogP contribution in [-0.2, 0) is 74.8 Å². The number of esters is 6. The molecule has 15 nitrogen and oxygen atoms in total. The lowest BCUT2D eigenvalue weighted by Crippen LogP contribution is -2.60. The van der Waals surface area contributed by atoms with E-state index in [4.69, 9.17) is 33.2 Å². The van der Waals surface area contributed by atoms with E-state index in [1.54, 1.807) is 28.8 Å². The first-order chi connectivity index (χ1) is 24.3. The minimum atomic E-state index is -1.47. The Bertz CT molecular complexity index is 1990. The van der Waals surface area contributed by atoms with Crippen LogP contribution in [0, 0.1) is 0 Å². The monoisotopic (exact) mass is 706 g/mol. The van der Waals surface area contributed by atoms with E-state index in [2.05, 4.69) is 4.98 Å². The zero-order valence-electron chi connectivity index (χ0n) is 28.9. The highest BCUT2D eigenvalue weighted by molar-refractivity contribution is 6.00. The van der Waals surface area contributed by atoms with Crippen LogP contribution in [0.4, 0.5) is 0 Å². The third-order valence-electron chi connectivity index (χ3n) is 8.38. The van der Waals surface area contributed by atoms with E-state index in [0.717, 1.165) is 20.8 Å². The molecule has 0 saturated carbocycles. The maximum absolute atomic E-state index is 13.0. The van der Waals surface area contributed by atoms with E-state index < -0.39 is 73.1 Å². The minimum absolute atomic E-state index is 0.173. The molecule has 270 valence electrons. The van der Waals surface area contributed by atoms with Crippen molar-refractivity contribution in [2.45, 2.75) is 71.2 Å². The molecule has 0 spiro atoms. The number of hydrogen-bond donors (Lipinski definition) is 1. The van der Waals surface area contributed by atoms with E-state index in [0.29, 0.717) is 44.3 Å². The number of H-pyrrole nitrogens is 1. The summed E-state index contributed by atoms with van der Waals surface area (Å²) in [5.74, 6) is -4.12. The molecule has 1 aliphatic heterocycles. The molecular weight excluding hydrogens is 668 g/mol. The van der Waals surface area contributed by atoms with Gasteiger partial charge >= 0.3 is 35.8 Å². The van der Waals surface area contributed by atoms with Crippen LogP contribution in [-0.4, -0.2) is 90.6 Å². The van der Waals surface area contributed by atoms with Crippen molar-refractivity contribution >= 4 is 57.6 Å². The maximum Gasteiger partial charge on any atom is 0.310 e. The zero-order chi connectivity index (χ0) is 37.0. The molecule has 2 aromatic heterocycles. The second-order valence-electron chi connectivity index (χ2n) is 11.8. The van der Waals surface area contributed by atoms with Crippen molar-refractivity contribution in [3.05, 3.63) is 59.7 Å². The predicted molar refractivity (Wildman–Crippen MR) is 178 cm³/mol. The van der Waals surface area contributed by atoms with Gasteiger partial charge in [0.05, 0.1) is 44.0 Å². The van der Waals surface area contributed by atoms with Gasteiger partial charge in [0.25, 0.3) is 0 Å². The Labute approximate surface area is 292 Å². The van der Waals surface area contributed by atoms with Gasteiger partial charge in [-0.25, -0.2) is 0 Å². The van der Waals surface area contributed by atoms with Crippen molar-refractivity contribution in [1.29, 1.82) is 0 Å². The van der Waals surface area contributed by atoms with Crippen LogP contribution in [0.2, 0.25) is 0 Å². The fourth-order valence-corrected chi connectivity index (χ4v) is 6.48. The summed E-state index contributed by atoms with van der Waals surface area (Å²) >= 11 is 0. The second kappa shape index (κ2) is 15.5. The Morgan fingerprint density at radius 2 is 1.24 bits per heavy atom. The molecule has 5 rings (SSSR count). The lowest BCUT2D eigenvalue weighted by atomic mass is 9.96. The van der Waals surface area contributed by atoms with Crippen LogP contribution in [0.25, 0.3) is 33.2 Å². The Hall–Kier alpha value is -5.70. The average molecular weight is 707 g/mol. The summed E-state index contributed by atoms with van der Waals surface area (Å²) in [6.07, 6.45) is -7.38. The van der Waals surface area contributed by atoms with Crippen LogP contribution in [0.1, 0.15) is 45.0 Å². The van der Waals surface area contributed by atoms with Crippen molar-refractivity contribution < 1.29 is 61.9 Å². The molecule has 0 amide bonds. The summed E-state index contributed by atoms with van der Waals surface area (Å²) in [4.78, 5) is 79.0. The number of carbonyl (C=O) groups is 6. The quantitative estimate of drug-likeness (QED) is 0.177. The van der Waals surface area contributed by atoms with Crippen LogP contribution < -0.4 is 0 Å². The predicted octanol–water partition coefficient (Wildman–Crippen LogP) is 3.48. The summed E-state index contributed by atoms with van der Waals surface area (Å²) in [5.41, 5.74) is 2.88. The fourth-order valence-electron chi connectivity index (χ4n) is 6.48. The van der Waals surface area contributed by atoms with Gasteiger partial charge in [-0.1, -0.05) is 36.4 Å². The van der Waals surface area contributed by atoms with Crippen LogP contribution >= 0.6 is 0 Å². The Morgan fingerprint density at radius 1 is 0.686 bits per heavy atom. The molecular formula is C36H38N2O13. The van der Waals surface area contributed by atoms with Gasteiger partial charge in [0.15, 0.2) is 24.5 Å². The molecule has 5 atom stereocenters. The van der Waals surface area contributed by atoms with Crippen LogP contribution in [0.3, 0.4) is 0 Å². The van der Waals surface area contributed by atoms with Crippen molar-refractivity contribution in [3.63, 3.8) is 0 Å². The number of para-hydroxylation sites is 2. The Morgan fingerprint density at radius 3 is 1.84 bits per heavy atom. The number of fused-ring (bicyclic) bond motifs is 2. The Balaban J connectivity index is 1.89. The average Bonchev–Trinajstić information content (AvgIpc) is 3.59. The molecule has 51 heavy (non-hydrogen) atoms. The second-order valence-corrected chi connectivity index (χ2v) is 11.8. The van der Waals surface area contributed by atoms with Crippen LogP contribution in [0.15, 0.2) is 48.5 Å². The van der Waals surface area contributed by atoms with Gasteiger partial charge in [-0.05, 0) is 23.3 Å². The van der Waals surface area contributed by atoms with Gasteiger partial charge in [-0.15, -0.1) is 0 Å². The Kier molecular flexibility index (Phi) is 11.1. The smallest absolute Gasteiger partial charge is 0.310 e. The molecule has 2 aromatic carbocycles. The van der Waals surface area contributed by atoms with Gasteiger partial charge in [-0.3, -0.25) is 28.8 Å². The molecule has 3 heterocycles. The number of nitrogens with zero attached hydrogens (tertiary/aromatic N) is 1. The first kappa shape index (κ1) is 36.6. The third-order valence-corrected chi connectivity index (χ3v) is 8.38. The molecule has 0 aliphatic carbocycles. The molecule has 0 bridgehead atoms. The number of aromatic amines is 1.